The average molecular weight is 312 g/mol. The molecule has 2 aromatic rings. The van der Waals surface area contributed by atoms with Crippen LogP contribution >= 0.6 is 23.2 Å². The molecule has 0 aliphatic heterocycles. The number of aromatic carboxylic acids is 1. The molecule has 0 bridgehead atoms. The number of hydrogen-bond donors (Lipinski definition) is 2. The summed E-state index contributed by atoms with van der Waals surface area (Å²) in [5.41, 5.74) is -0.0584. The molecule has 0 atom stereocenters. The predicted octanol–water partition coefficient (Wildman–Crippen LogP) is 2.73. The Morgan fingerprint density at radius 1 is 1.15 bits per heavy atom. The third kappa shape index (κ3) is 3.04. The number of hydrogen-bond acceptors (Lipinski definition) is 4. The van der Waals surface area contributed by atoms with E-state index in [0.29, 0.717) is 0 Å². The van der Waals surface area contributed by atoms with Gasteiger partial charge in [-0.2, -0.15) is 0 Å². The second kappa shape index (κ2) is 5.85. The number of amides is 1. The van der Waals surface area contributed by atoms with Crippen LogP contribution < -0.4 is 5.32 Å². The lowest BCUT2D eigenvalue weighted by Gasteiger charge is -2.07. The molecule has 0 aromatic carbocycles. The molecule has 0 fully saturated rings. The van der Waals surface area contributed by atoms with E-state index in [-0.39, 0.29) is 27.3 Å². The van der Waals surface area contributed by atoms with Gasteiger partial charge in [-0.1, -0.05) is 23.2 Å². The number of carbonyl (C=O) groups is 2. The van der Waals surface area contributed by atoms with E-state index in [4.69, 9.17) is 28.3 Å². The second-order valence-electron chi connectivity index (χ2n) is 3.63. The Morgan fingerprint density at radius 2 is 1.90 bits per heavy atom. The minimum atomic E-state index is -1.20. The molecule has 20 heavy (non-hydrogen) atoms. The number of nitrogens with zero attached hydrogens (tertiary/aromatic N) is 2. The smallest absolute Gasteiger partial charge is 0.339 e. The van der Waals surface area contributed by atoms with Gasteiger partial charge in [-0.15, -0.1) is 0 Å². The number of carboxylic acids is 1. The highest BCUT2D eigenvalue weighted by atomic mass is 35.5. The molecule has 0 unspecified atom stereocenters. The van der Waals surface area contributed by atoms with E-state index in [1.807, 2.05) is 0 Å². The Bertz CT molecular complexity index is 691. The second-order valence-corrected chi connectivity index (χ2v) is 4.38. The summed E-state index contributed by atoms with van der Waals surface area (Å²) in [4.78, 5) is 30.6. The fraction of sp³-hybridized carbons (Fsp3) is 0. The van der Waals surface area contributed by atoms with E-state index >= 15 is 0 Å². The summed E-state index contributed by atoms with van der Waals surface area (Å²) in [5.74, 6) is -1.90. The maximum Gasteiger partial charge on any atom is 0.339 e. The highest BCUT2D eigenvalue weighted by Crippen LogP contribution is 2.19. The van der Waals surface area contributed by atoms with Gasteiger partial charge < -0.3 is 10.4 Å². The molecule has 0 saturated carbocycles. The van der Waals surface area contributed by atoms with E-state index in [9.17, 15) is 9.59 Å². The van der Waals surface area contributed by atoms with Gasteiger partial charge in [-0.05, 0) is 24.3 Å². The maximum atomic E-state index is 12.0. The Kier molecular flexibility index (Phi) is 4.16. The summed E-state index contributed by atoms with van der Waals surface area (Å²) >= 11 is 11.4. The van der Waals surface area contributed by atoms with Crippen molar-refractivity contribution in [3.8, 4) is 0 Å². The lowest BCUT2D eigenvalue weighted by atomic mass is 10.2. The zero-order chi connectivity index (χ0) is 14.7. The van der Waals surface area contributed by atoms with Gasteiger partial charge in [-0.3, -0.25) is 4.79 Å². The van der Waals surface area contributed by atoms with E-state index in [2.05, 4.69) is 15.3 Å². The zero-order valence-corrected chi connectivity index (χ0v) is 11.3. The molecule has 2 rings (SSSR count). The summed E-state index contributed by atoms with van der Waals surface area (Å²) in [6.45, 7) is 0. The van der Waals surface area contributed by atoms with Crippen molar-refractivity contribution >= 4 is 40.9 Å². The van der Waals surface area contributed by atoms with Crippen molar-refractivity contribution < 1.29 is 14.7 Å². The van der Waals surface area contributed by atoms with Crippen LogP contribution in [-0.2, 0) is 0 Å². The molecule has 0 saturated heterocycles. The van der Waals surface area contributed by atoms with Crippen LogP contribution in [0.15, 0.2) is 30.5 Å². The van der Waals surface area contributed by atoms with Crippen LogP contribution in [0, 0.1) is 0 Å². The largest absolute Gasteiger partial charge is 0.478 e. The molecule has 2 N–H and O–H groups in total. The number of aromatic nitrogens is 2. The summed E-state index contributed by atoms with van der Waals surface area (Å²) < 4.78 is 0. The standard InChI is InChI=1S/C12H7Cl2N3O3/c13-8-4-3-6(9(14)16-8)11(18)17-10-7(12(19)20)2-1-5-15-10/h1-5H,(H,19,20)(H,15,17,18). The van der Waals surface area contributed by atoms with E-state index in [0.717, 1.165) is 0 Å². The van der Waals surface area contributed by atoms with Crippen molar-refractivity contribution in [3.05, 3.63) is 51.9 Å². The van der Waals surface area contributed by atoms with Gasteiger partial charge in [-0.25, -0.2) is 14.8 Å². The molecular weight excluding hydrogens is 305 g/mol. The first-order valence-electron chi connectivity index (χ1n) is 5.30. The first-order valence-corrected chi connectivity index (χ1v) is 6.06. The van der Waals surface area contributed by atoms with Crippen molar-refractivity contribution in [3.63, 3.8) is 0 Å². The van der Waals surface area contributed by atoms with Crippen LogP contribution in [0.2, 0.25) is 10.3 Å². The number of carboxylic acid groups (broad SMARTS) is 1. The molecule has 6 nitrogen and oxygen atoms in total. The number of pyridine rings is 2. The van der Waals surface area contributed by atoms with Crippen LogP contribution in [0.3, 0.4) is 0 Å². The van der Waals surface area contributed by atoms with Gasteiger partial charge in [0.25, 0.3) is 5.91 Å². The Hall–Kier alpha value is -2.18. The quantitative estimate of drug-likeness (QED) is 0.850. The normalized spacial score (nSPS) is 10.1. The SMILES string of the molecule is O=C(Nc1ncccc1C(=O)O)c1ccc(Cl)nc1Cl. The Morgan fingerprint density at radius 3 is 2.55 bits per heavy atom. The topological polar surface area (TPSA) is 92.2 Å². The van der Waals surface area contributed by atoms with E-state index in [1.165, 1.54) is 30.5 Å². The van der Waals surface area contributed by atoms with Gasteiger partial charge in [0.05, 0.1) is 5.56 Å². The fourth-order valence-corrected chi connectivity index (χ4v) is 1.86. The van der Waals surface area contributed by atoms with E-state index in [1.54, 1.807) is 0 Å². The molecule has 2 heterocycles. The van der Waals surface area contributed by atoms with Gasteiger partial charge in [0.15, 0.2) is 0 Å². The van der Waals surface area contributed by atoms with Crippen molar-refractivity contribution in [2.75, 3.05) is 5.32 Å². The van der Waals surface area contributed by atoms with Gasteiger partial charge in [0.1, 0.15) is 21.7 Å². The van der Waals surface area contributed by atoms with Gasteiger partial charge in [0.2, 0.25) is 0 Å². The molecule has 2 aromatic heterocycles. The fourth-order valence-electron chi connectivity index (χ4n) is 1.43. The molecular formula is C12H7Cl2N3O3. The van der Waals surface area contributed by atoms with Crippen LogP contribution in [0.4, 0.5) is 5.82 Å². The molecule has 0 aliphatic carbocycles. The molecule has 8 heteroatoms. The summed E-state index contributed by atoms with van der Waals surface area (Å²) in [7, 11) is 0. The lowest BCUT2D eigenvalue weighted by molar-refractivity contribution is 0.0697. The van der Waals surface area contributed by atoms with Crippen LogP contribution in [0.5, 0.6) is 0 Å². The third-order valence-electron chi connectivity index (χ3n) is 2.33. The number of nitrogens with one attached hydrogen (secondary N) is 1. The molecule has 0 spiro atoms. The Labute approximate surface area is 123 Å². The minimum absolute atomic E-state index is 0.0676. The van der Waals surface area contributed by atoms with Crippen LogP contribution in [-0.4, -0.2) is 27.0 Å². The lowest BCUT2D eigenvalue weighted by Crippen LogP contribution is -2.16. The number of carbonyl (C=O) groups excluding carboxylic acids is 1. The monoisotopic (exact) mass is 311 g/mol. The summed E-state index contributed by atoms with van der Waals surface area (Å²) in [6.07, 6.45) is 1.36. The Balaban J connectivity index is 2.30. The molecule has 0 radical (unpaired) electrons. The van der Waals surface area contributed by atoms with Crippen molar-refractivity contribution in [1.82, 2.24) is 9.97 Å². The number of rotatable bonds is 3. The first kappa shape index (κ1) is 14.2. The molecule has 0 aliphatic rings. The number of anilines is 1. The average Bonchev–Trinajstić information content (AvgIpc) is 2.38. The predicted molar refractivity (Wildman–Crippen MR) is 73.4 cm³/mol. The van der Waals surface area contributed by atoms with Crippen LogP contribution in [0.1, 0.15) is 20.7 Å². The van der Waals surface area contributed by atoms with Gasteiger partial charge >= 0.3 is 5.97 Å². The first-order chi connectivity index (χ1) is 9.49. The van der Waals surface area contributed by atoms with Gasteiger partial charge in [0, 0.05) is 6.20 Å². The zero-order valence-electron chi connectivity index (χ0n) is 9.80. The van der Waals surface area contributed by atoms with Crippen molar-refractivity contribution in [2.24, 2.45) is 0 Å². The molecule has 1 amide bonds. The third-order valence-corrected chi connectivity index (χ3v) is 2.83. The highest BCUT2D eigenvalue weighted by Gasteiger charge is 2.16. The summed E-state index contributed by atoms with van der Waals surface area (Å²) in [6, 6.07) is 5.57. The van der Waals surface area contributed by atoms with Crippen molar-refractivity contribution in [1.29, 1.82) is 0 Å². The number of halogens is 2. The minimum Gasteiger partial charge on any atom is -0.478 e. The van der Waals surface area contributed by atoms with Crippen molar-refractivity contribution in [2.45, 2.75) is 0 Å². The summed E-state index contributed by atoms with van der Waals surface area (Å²) in [5, 5.41) is 11.4. The van der Waals surface area contributed by atoms with Crippen LogP contribution in [0.25, 0.3) is 0 Å². The molecule has 102 valence electrons. The highest BCUT2D eigenvalue weighted by molar-refractivity contribution is 6.35. The van der Waals surface area contributed by atoms with E-state index < -0.39 is 11.9 Å². The maximum absolute atomic E-state index is 12.0.